The first-order valence-corrected chi connectivity index (χ1v) is 6.62. The van der Waals surface area contributed by atoms with Crippen molar-refractivity contribution in [2.24, 2.45) is 0 Å². The van der Waals surface area contributed by atoms with E-state index in [4.69, 9.17) is 11.6 Å². The number of nitrogens with one attached hydrogen (secondary N) is 1. The van der Waals surface area contributed by atoms with Gasteiger partial charge in [-0.2, -0.15) is 0 Å². The molecule has 2 aliphatic rings. The second-order valence-electron chi connectivity index (χ2n) is 4.86. The van der Waals surface area contributed by atoms with Crippen LogP contribution in [0, 0.1) is 0 Å². The lowest BCUT2D eigenvalue weighted by Crippen LogP contribution is -2.39. The van der Waals surface area contributed by atoms with Crippen LogP contribution in [0.5, 0.6) is 0 Å². The van der Waals surface area contributed by atoms with Crippen molar-refractivity contribution < 1.29 is 0 Å². The Hall–Kier alpha value is -0.870. The van der Waals surface area contributed by atoms with Crippen molar-refractivity contribution in [1.82, 2.24) is 15.3 Å². The second kappa shape index (κ2) is 4.42. The fraction of sp³-hybridized carbons (Fsp3) is 0.667. The predicted octanol–water partition coefficient (Wildman–Crippen LogP) is 1.76. The van der Waals surface area contributed by atoms with Crippen molar-refractivity contribution in [1.29, 1.82) is 0 Å². The Bertz CT molecular complexity index is 431. The maximum Gasteiger partial charge on any atom is 0.224 e. The normalized spacial score (nSPS) is 19.6. The molecule has 5 heteroatoms. The first-order chi connectivity index (χ1) is 8.25. The van der Waals surface area contributed by atoms with Crippen LogP contribution in [0.4, 0.5) is 5.82 Å². The van der Waals surface area contributed by atoms with Crippen LogP contribution in [0.3, 0.4) is 0 Å². The molecule has 1 aliphatic carbocycles. The van der Waals surface area contributed by atoms with Gasteiger partial charge >= 0.3 is 0 Å². The number of rotatable bonds is 2. The molecular formula is C12H17ClN4. The van der Waals surface area contributed by atoms with Crippen molar-refractivity contribution in [3.8, 4) is 0 Å². The summed E-state index contributed by atoms with van der Waals surface area (Å²) in [6.07, 6.45) is 4.80. The van der Waals surface area contributed by atoms with Gasteiger partial charge in [-0.25, -0.2) is 9.97 Å². The summed E-state index contributed by atoms with van der Waals surface area (Å²) in [5.41, 5.74) is 2.35. The van der Waals surface area contributed by atoms with Crippen LogP contribution in [0.15, 0.2) is 0 Å². The molecule has 1 N–H and O–H groups in total. The van der Waals surface area contributed by atoms with E-state index in [1.165, 1.54) is 24.8 Å². The zero-order valence-electron chi connectivity index (χ0n) is 10.0. The summed E-state index contributed by atoms with van der Waals surface area (Å²) < 4.78 is 0. The first-order valence-electron chi connectivity index (χ1n) is 6.24. The minimum atomic E-state index is 0.381. The van der Waals surface area contributed by atoms with Gasteiger partial charge < -0.3 is 10.2 Å². The lowest BCUT2D eigenvalue weighted by atomic mass is 9.91. The molecule has 0 atom stereocenters. The van der Waals surface area contributed by atoms with Gasteiger partial charge in [-0.1, -0.05) is 0 Å². The Morgan fingerprint density at radius 1 is 1.35 bits per heavy atom. The minimum Gasteiger partial charge on any atom is -0.356 e. The van der Waals surface area contributed by atoms with Gasteiger partial charge in [0.15, 0.2) is 0 Å². The highest BCUT2D eigenvalue weighted by Gasteiger charge is 2.27. The molecule has 3 rings (SSSR count). The predicted molar refractivity (Wildman–Crippen MR) is 68.5 cm³/mol. The summed E-state index contributed by atoms with van der Waals surface area (Å²) >= 11 is 6.02. The molecule has 1 aromatic rings. The van der Waals surface area contributed by atoms with Gasteiger partial charge in [0, 0.05) is 38.2 Å². The average molecular weight is 253 g/mol. The molecule has 0 bridgehead atoms. The highest BCUT2D eigenvalue weighted by molar-refractivity contribution is 6.28. The van der Waals surface area contributed by atoms with E-state index in [1.807, 2.05) is 0 Å². The van der Waals surface area contributed by atoms with Crippen LogP contribution in [0.1, 0.15) is 30.5 Å². The van der Waals surface area contributed by atoms with Gasteiger partial charge in [-0.3, -0.25) is 0 Å². The Labute approximate surface area is 106 Å². The van der Waals surface area contributed by atoms with Crippen molar-refractivity contribution in [2.45, 2.75) is 38.3 Å². The molecular weight excluding hydrogens is 236 g/mol. The van der Waals surface area contributed by atoms with Crippen molar-refractivity contribution in [2.75, 3.05) is 18.5 Å². The van der Waals surface area contributed by atoms with Crippen LogP contribution in [0.2, 0.25) is 5.28 Å². The summed E-state index contributed by atoms with van der Waals surface area (Å²) in [7, 11) is 2.12. The Balaban J connectivity index is 1.98. The van der Waals surface area contributed by atoms with Crippen LogP contribution in [-0.2, 0) is 13.0 Å². The molecule has 1 aliphatic heterocycles. The average Bonchev–Trinajstić information content (AvgIpc) is 2.25. The topological polar surface area (TPSA) is 41.1 Å². The van der Waals surface area contributed by atoms with Crippen molar-refractivity contribution in [3.63, 3.8) is 0 Å². The largest absolute Gasteiger partial charge is 0.356 e. The molecule has 92 valence electrons. The summed E-state index contributed by atoms with van der Waals surface area (Å²) in [5, 5.41) is 3.76. The van der Waals surface area contributed by atoms with E-state index >= 15 is 0 Å². The molecule has 1 saturated carbocycles. The molecule has 0 saturated heterocycles. The molecule has 0 spiro atoms. The maximum atomic E-state index is 6.02. The standard InChI is InChI=1S/C12H17ClN4/c1-17(8-3-2-4-8)11-9-7-14-6-5-10(9)15-12(13)16-11/h8,14H,2-7H2,1H3. The fourth-order valence-electron chi connectivity index (χ4n) is 2.53. The Kier molecular flexibility index (Phi) is 2.92. The molecule has 4 nitrogen and oxygen atoms in total. The third-order valence-corrected chi connectivity index (χ3v) is 4.01. The van der Waals surface area contributed by atoms with Crippen LogP contribution >= 0.6 is 11.6 Å². The van der Waals surface area contributed by atoms with E-state index < -0.39 is 0 Å². The van der Waals surface area contributed by atoms with E-state index in [-0.39, 0.29) is 0 Å². The van der Waals surface area contributed by atoms with Gasteiger partial charge in [-0.05, 0) is 30.9 Å². The van der Waals surface area contributed by atoms with Gasteiger partial charge in [0.25, 0.3) is 0 Å². The number of fused-ring (bicyclic) bond motifs is 1. The summed E-state index contributed by atoms with van der Waals surface area (Å²) in [6.45, 7) is 1.84. The lowest BCUT2D eigenvalue weighted by molar-refractivity contribution is 0.397. The molecule has 1 fully saturated rings. The maximum absolute atomic E-state index is 6.02. The molecule has 1 aromatic heterocycles. The smallest absolute Gasteiger partial charge is 0.224 e. The number of aromatic nitrogens is 2. The highest BCUT2D eigenvalue weighted by atomic mass is 35.5. The number of halogens is 1. The molecule has 0 aromatic carbocycles. The monoisotopic (exact) mass is 252 g/mol. The van der Waals surface area contributed by atoms with Crippen molar-refractivity contribution in [3.05, 3.63) is 16.5 Å². The molecule has 0 amide bonds. The van der Waals surface area contributed by atoms with E-state index in [1.54, 1.807) is 0 Å². The first kappa shape index (κ1) is 11.2. The minimum absolute atomic E-state index is 0.381. The van der Waals surface area contributed by atoms with Gasteiger partial charge in [-0.15, -0.1) is 0 Å². The number of hydrogen-bond donors (Lipinski definition) is 1. The van der Waals surface area contributed by atoms with Crippen LogP contribution in [0.25, 0.3) is 0 Å². The van der Waals surface area contributed by atoms with E-state index in [2.05, 4.69) is 27.2 Å². The number of hydrogen-bond acceptors (Lipinski definition) is 4. The van der Waals surface area contributed by atoms with E-state index in [9.17, 15) is 0 Å². The Morgan fingerprint density at radius 3 is 2.88 bits per heavy atom. The summed E-state index contributed by atoms with van der Waals surface area (Å²) in [5.74, 6) is 1.02. The molecule has 2 heterocycles. The van der Waals surface area contributed by atoms with E-state index in [0.717, 1.165) is 31.0 Å². The third-order valence-electron chi connectivity index (χ3n) is 3.84. The molecule has 0 unspecified atom stereocenters. The van der Waals surface area contributed by atoms with Gasteiger partial charge in [0.1, 0.15) is 5.82 Å². The molecule has 17 heavy (non-hydrogen) atoms. The fourth-order valence-corrected chi connectivity index (χ4v) is 2.72. The lowest BCUT2D eigenvalue weighted by Gasteiger charge is -2.37. The van der Waals surface area contributed by atoms with E-state index in [0.29, 0.717) is 11.3 Å². The van der Waals surface area contributed by atoms with Crippen molar-refractivity contribution >= 4 is 17.4 Å². The van der Waals surface area contributed by atoms with Gasteiger partial charge in [0.05, 0.1) is 5.69 Å². The second-order valence-corrected chi connectivity index (χ2v) is 5.20. The van der Waals surface area contributed by atoms with Gasteiger partial charge in [0.2, 0.25) is 5.28 Å². The Morgan fingerprint density at radius 2 is 2.18 bits per heavy atom. The SMILES string of the molecule is CN(c1nc(Cl)nc2c1CNCC2)C1CCC1. The highest BCUT2D eigenvalue weighted by Crippen LogP contribution is 2.31. The third kappa shape index (κ3) is 2.00. The number of nitrogens with zero attached hydrogens (tertiary/aromatic N) is 3. The summed E-state index contributed by atoms with van der Waals surface area (Å²) in [4.78, 5) is 11.1. The zero-order valence-corrected chi connectivity index (χ0v) is 10.8. The number of anilines is 1. The zero-order chi connectivity index (χ0) is 11.8. The quantitative estimate of drug-likeness (QED) is 0.815. The summed E-state index contributed by atoms with van der Waals surface area (Å²) in [6, 6.07) is 0.631. The molecule has 0 radical (unpaired) electrons. The van der Waals surface area contributed by atoms with Crippen LogP contribution in [-0.4, -0.2) is 29.6 Å². The van der Waals surface area contributed by atoms with Crippen LogP contribution < -0.4 is 10.2 Å².